The van der Waals surface area contributed by atoms with Crippen molar-refractivity contribution in [2.24, 2.45) is 0 Å². The highest BCUT2D eigenvalue weighted by Gasteiger charge is 2.08. The number of aromatic amines is 1. The summed E-state index contributed by atoms with van der Waals surface area (Å²) in [5.41, 5.74) is 1.09. The number of terminal acetylenes is 1. The summed E-state index contributed by atoms with van der Waals surface area (Å²) in [5, 5.41) is 3.18. The van der Waals surface area contributed by atoms with E-state index < -0.39 is 0 Å². The van der Waals surface area contributed by atoms with Crippen LogP contribution in [0.5, 0.6) is 0 Å². The Morgan fingerprint density at radius 3 is 3.06 bits per heavy atom. The largest absolute Gasteiger partial charge is 0.351 e. The number of benzene rings is 1. The fraction of sp³-hybridized carbons (Fsp3) is 0.0833. The number of aromatic nitrogens is 1. The molecule has 0 bridgehead atoms. The zero-order chi connectivity index (χ0) is 11.5. The highest BCUT2D eigenvalue weighted by molar-refractivity contribution is 5.98. The average Bonchev–Trinajstić information content (AvgIpc) is 2.68. The number of H-pyrrole nitrogens is 1. The molecule has 0 fully saturated rings. The van der Waals surface area contributed by atoms with E-state index in [0.717, 1.165) is 0 Å². The van der Waals surface area contributed by atoms with Gasteiger partial charge in [-0.15, -0.1) is 6.42 Å². The first-order valence-corrected chi connectivity index (χ1v) is 4.70. The molecule has 0 radical (unpaired) electrons. The topological polar surface area (TPSA) is 44.9 Å². The minimum Gasteiger partial charge on any atom is -0.351 e. The Kier molecular flexibility index (Phi) is 2.61. The fourth-order valence-corrected chi connectivity index (χ4v) is 1.45. The summed E-state index contributed by atoms with van der Waals surface area (Å²) in [5.74, 6) is 1.68. The van der Waals surface area contributed by atoms with Crippen LogP contribution in [0.4, 0.5) is 4.39 Å². The molecule has 2 rings (SSSR count). The van der Waals surface area contributed by atoms with Crippen molar-refractivity contribution in [3.63, 3.8) is 0 Å². The number of carbonyl (C=O) groups is 1. The molecular formula is C12H9FN2O. The van der Waals surface area contributed by atoms with E-state index in [9.17, 15) is 9.18 Å². The van der Waals surface area contributed by atoms with Crippen LogP contribution in [0, 0.1) is 18.2 Å². The third kappa shape index (κ3) is 1.89. The lowest BCUT2D eigenvalue weighted by molar-refractivity contribution is 0.0954. The van der Waals surface area contributed by atoms with Crippen LogP contribution in [0.3, 0.4) is 0 Å². The molecule has 1 aromatic carbocycles. The predicted molar refractivity (Wildman–Crippen MR) is 59.4 cm³/mol. The molecule has 3 nitrogen and oxygen atoms in total. The number of amides is 1. The quantitative estimate of drug-likeness (QED) is 0.737. The standard InChI is InChI=1S/C12H9FN2O/c1-2-5-14-12(16)11-7-8-6-9(13)3-4-10(8)15-11/h1,3-4,6-7,15H,5H2,(H,14,16). The second kappa shape index (κ2) is 4.07. The maximum atomic E-state index is 12.9. The number of halogens is 1. The van der Waals surface area contributed by atoms with Crippen molar-refractivity contribution >= 4 is 16.8 Å². The van der Waals surface area contributed by atoms with Gasteiger partial charge in [-0.05, 0) is 24.3 Å². The molecule has 16 heavy (non-hydrogen) atoms. The van der Waals surface area contributed by atoms with E-state index >= 15 is 0 Å². The molecule has 2 aromatic rings. The minimum atomic E-state index is -0.331. The van der Waals surface area contributed by atoms with E-state index in [2.05, 4.69) is 16.2 Å². The van der Waals surface area contributed by atoms with Crippen LogP contribution in [0.2, 0.25) is 0 Å². The van der Waals surface area contributed by atoms with Crippen molar-refractivity contribution in [1.29, 1.82) is 0 Å². The first-order chi connectivity index (χ1) is 7.70. The van der Waals surface area contributed by atoms with E-state index in [-0.39, 0.29) is 18.3 Å². The predicted octanol–water partition coefficient (Wildman–Crippen LogP) is 1.67. The summed E-state index contributed by atoms with van der Waals surface area (Å²) in [6.45, 7) is 0.169. The highest BCUT2D eigenvalue weighted by atomic mass is 19.1. The Bertz CT molecular complexity index is 580. The third-order valence-electron chi connectivity index (χ3n) is 2.18. The summed E-state index contributed by atoms with van der Waals surface area (Å²) in [6.07, 6.45) is 5.03. The Hall–Kier alpha value is -2.28. The second-order valence-corrected chi connectivity index (χ2v) is 3.30. The lowest BCUT2D eigenvalue weighted by Crippen LogP contribution is -2.23. The number of carbonyl (C=O) groups excluding carboxylic acids is 1. The summed E-state index contributed by atoms with van der Waals surface area (Å²) in [4.78, 5) is 14.4. The van der Waals surface area contributed by atoms with E-state index in [1.165, 1.54) is 12.1 Å². The van der Waals surface area contributed by atoms with Gasteiger partial charge in [0.05, 0.1) is 6.54 Å². The first kappa shape index (κ1) is 10.2. The molecule has 1 heterocycles. The second-order valence-electron chi connectivity index (χ2n) is 3.30. The Morgan fingerprint density at radius 1 is 1.50 bits per heavy atom. The Labute approximate surface area is 91.7 Å². The van der Waals surface area contributed by atoms with E-state index in [0.29, 0.717) is 16.6 Å². The van der Waals surface area contributed by atoms with Crippen LogP contribution < -0.4 is 5.32 Å². The molecule has 2 N–H and O–H groups in total. The summed E-state index contributed by atoms with van der Waals surface area (Å²) in [6, 6.07) is 5.87. The van der Waals surface area contributed by atoms with Gasteiger partial charge in [0.2, 0.25) is 0 Å². The smallest absolute Gasteiger partial charge is 0.268 e. The van der Waals surface area contributed by atoms with Gasteiger partial charge in [0.25, 0.3) is 5.91 Å². The molecule has 0 saturated heterocycles. The Morgan fingerprint density at radius 2 is 2.31 bits per heavy atom. The number of fused-ring (bicyclic) bond motifs is 1. The maximum absolute atomic E-state index is 12.9. The molecular weight excluding hydrogens is 207 g/mol. The Balaban J connectivity index is 2.33. The lowest BCUT2D eigenvalue weighted by Gasteiger charge is -1.96. The normalized spacial score (nSPS) is 10.0. The fourth-order valence-electron chi connectivity index (χ4n) is 1.45. The van der Waals surface area contributed by atoms with Gasteiger partial charge in [0.1, 0.15) is 11.5 Å². The molecule has 0 saturated carbocycles. The van der Waals surface area contributed by atoms with Crippen LogP contribution in [0.1, 0.15) is 10.5 Å². The molecule has 4 heteroatoms. The third-order valence-corrected chi connectivity index (χ3v) is 2.18. The van der Waals surface area contributed by atoms with Crippen LogP contribution in [-0.4, -0.2) is 17.4 Å². The van der Waals surface area contributed by atoms with E-state index in [1.54, 1.807) is 12.1 Å². The number of hydrogen-bond donors (Lipinski definition) is 2. The summed E-state index contributed by atoms with van der Waals surface area (Å²) < 4.78 is 12.9. The molecule has 1 aromatic heterocycles. The van der Waals surface area contributed by atoms with Crippen molar-refractivity contribution in [3.8, 4) is 12.3 Å². The van der Waals surface area contributed by atoms with Crippen molar-refractivity contribution in [2.75, 3.05) is 6.54 Å². The number of hydrogen-bond acceptors (Lipinski definition) is 1. The number of rotatable bonds is 2. The van der Waals surface area contributed by atoms with Gasteiger partial charge in [-0.25, -0.2) is 4.39 Å². The minimum absolute atomic E-state index is 0.169. The van der Waals surface area contributed by atoms with Gasteiger partial charge < -0.3 is 10.3 Å². The first-order valence-electron chi connectivity index (χ1n) is 4.70. The SMILES string of the molecule is C#CCNC(=O)c1cc2cc(F)ccc2[nH]1. The molecule has 0 spiro atoms. The van der Waals surface area contributed by atoms with E-state index in [4.69, 9.17) is 6.42 Å². The molecule has 0 aliphatic heterocycles. The molecule has 0 atom stereocenters. The van der Waals surface area contributed by atoms with Crippen molar-refractivity contribution in [1.82, 2.24) is 10.3 Å². The summed E-state index contributed by atoms with van der Waals surface area (Å²) in [7, 11) is 0. The van der Waals surface area contributed by atoms with Crippen molar-refractivity contribution in [3.05, 3.63) is 35.8 Å². The van der Waals surface area contributed by atoms with Gasteiger partial charge in [0.15, 0.2) is 0 Å². The molecule has 1 amide bonds. The monoisotopic (exact) mass is 216 g/mol. The summed E-state index contributed by atoms with van der Waals surface area (Å²) >= 11 is 0. The van der Waals surface area contributed by atoms with Gasteiger partial charge >= 0.3 is 0 Å². The zero-order valence-electron chi connectivity index (χ0n) is 8.38. The molecule has 0 aliphatic rings. The molecule has 80 valence electrons. The van der Waals surface area contributed by atoms with Gasteiger partial charge in [-0.2, -0.15) is 0 Å². The van der Waals surface area contributed by atoms with Gasteiger partial charge in [-0.3, -0.25) is 4.79 Å². The van der Waals surface area contributed by atoms with Gasteiger partial charge in [-0.1, -0.05) is 5.92 Å². The van der Waals surface area contributed by atoms with Gasteiger partial charge in [0, 0.05) is 10.9 Å². The van der Waals surface area contributed by atoms with Crippen LogP contribution in [0.15, 0.2) is 24.3 Å². The molecule has 0 unspecified atom stereocenters. The van der Waals surface area contributed by atoms with Crippen LogP contribution in [0.25, 0.3) is 10.9 Å². The van der Waals surface area contributed by atoms with Crippen LogP contribution >= 0.6 is 0 Å². The van der Waals surface area contributed by atoms with E-state index in [1.807, 2.05) is 0 Å². The zero-order valence-corrected chi connectivity index (χ0v) is 8.38. The van der Waals surface area contributed by atoms with Crippen molar-refractivity contribution < 1.29 is 9.18 Å². The average molecular weight is 216 g/mol. The number of nitrogens with one attached hydrogen (secondary N) is 2. The van der Waals surface area contributed by atoms with Crippen molar-refractivity contribution in [2.45, 2.75) is 0 Å². The molecule has 0 aliphatic carbocycles. The van der Waals surface area contributed by atoms with Crippen LogP contribution in [-0.2, 0) is 0 Å². The lowest BCUT2D eigenvalue weighted by atomic mass is 10.2. The highest BCUT2D eigenvalue weighted by Crippen LogP contribution is 2.16. The maximum Gasteiger partial charge on any atom is 0.268 e.